The van der Waals surface area contributed by atoms with Gasteiger partial charge in [-0.2, -0.15) is 52.3 Å². The van der Waals surface area contributed by atoms with Gasteiger partial charge in [-0.3, -0.25) is 4.79 Å². The minimum atomic E-state index is -4.60. The van der Waals surface area contributed by atoms with Crippen LogP contribution in [-0.4, -0.2) is 81.6 Å². The topological polar surface area (TPSA) is 203 Å². The molecule has 3 heterocycles. The number of carbonyl (C=O) groups excluding carboxylic acids is 3. The van der Waals surface area contributed by atoms with Gasteiger partial charge in [-0.15, -0.1) is 0 Å². The normalized spacial score (nSPS) is 15.2. The summed E-state index contributed by atoms with van der Waals surface area (Å²) in [6.07, 6.45) is -4.71. The number of rotatable bonds is 9. The van der Waals surface area contributed by atoms with Crippen molar-refractivity contribution in [2.75, 3.05) is 26.2 Å². The number of ether oxygens (including phenoxy) is 2. The molecule has 0 aliphatic carbocycles. The zero-order valence-electron chi connectivity index (χ0n) is 30.0. The van der Waals surface area contributed by atoms with Crippen LogP contribution in [-0.2, 0) is 46.3 Å². The third kappa shape index (κ3) is 13.4. The molecule has 2 fully saturated rings. The molecule has 2 aliphatic heterocycles. The van der Waals surface area contributed by atoms with E-state index in [9.17, 15) is 40.7 Å². The number of halogens is 6. The molecule has 4 N–H and O–H groups in total. The number of aryl methyl sites for hydroxylation is 1. The van der Waals surface area contributed by atoms with E-state index in [0.717, 1.165) is 30.0 Å². The largest absolute Gasteiger partial charge is 0.445 e. The van der Waals surface area contributed by atoms with Gasteiger partial charge in [0.1, 0.15) is 13.2 Å². The standard InChI is InChI=1S/C21H23F3N6O3.C15H16F3N3O2/c22-21(23,24)16-9-14(11-25)8-15(10-16)13-33-20(32)30-6-4-17(5-7-30)27-19(31)3-1-2-18-12-26-29-28-18;16-15(17,18)12-6-10(8-19)5-11(7-12)9-23-14(22)21-3-1-13(20)2-4-21/h8-10,12,17H,1-7,13H2,(H,27,31)(H,26,28,29);5-7,13H,1-4,9,20H2. The van der Waals surface area contributed by atoms with E-state index in [-0.39, 0.29) is 53.5 Å². The SMILES string of the molecule is N#Cc1cc(COC(=O)N2CCC(N)CC2)cc(C(F)(F)F)c1.N#Cc1cc(COC(=O)N2CCC(NC(=O)CCCc3cn[nH]n3)CC2)cc(C(F)(F)F)c1. The lowest BCUT2D eigenvalue weighted by Crippen LogP contribution is -2.46. The van der Waals surface area contributed by atoms with Gasteiger partial charge in [0.15, 0.2) is 0 Å². The molecular weight excluding hydrogens is 752 g/mol. The highest BCUT2D eigenvalue weighted by molar-refractivity contribution is 5.76. The molecule has 3 aromatic rings. The molecule has 0 saturated carbocycles. The van der Waals surface area contributed by atoms with Crippen LogP contribution < -0.4 is 11.1 Å². The molecule has 2 aromatic carbocycles. The van der Waals surface area contributed by atoms with Crippen LogP contribution in [0.15, 0.2) is 42.6 Å². The first-order valence-electron chi connectivity index (χ1n) is 17.5. The number of nitrogens with two attached hydrogens (primary N) is 1. The Balaban J connectivity index is 0.000000265. The number of hydrogen-bond donors (Lipinski definition) is 3. The number of hydrogen-bond acceptors (Lipinski definition) is 10. The van der Waals surface area contributed by atoms with Crippen molar-refractivity contribution in [3.05, 3.63) is 81.7 Å². The Morgan fingerprint density at radius 1 is 0.804 bits per heavy atom. The zero-order valence-corrected chi connectivity index (χ0v) is 30.0. The van der Waals surface area contributed by atoms with Crippen molar-refractivity contribution in [2.45, 2.75) is 82.6 Å². The number of H-pyrrole nitrogens is 1. The van der Waals surface area contributed by atoms with Gasteiger partial charge in [-0.25, -0.2) is 9.59 Å². The van der Waals surface area contributed by atoms with Crippen LogP contribution >= 0.6 is 0 Å². The van der Waals surface area contributed by atoms with Gasteiger partial charge in [-0.1, -0.05) is 0 Å². The summed E-state index contributed by atoms with van der Waals surface area (Å²) >= 11 is 0. The Morgan fingerprint density at radius 2 is 1.29 bits per heavy atom. The maximum atomic E-state index is 13.0. The highest BCUT2D eigenvalue weighted by Crippen LogP contribution is 2.32. The van der Waals surface area contributed by atoms with Crippen LogP contribution in [0, 0.1) is 22.7 Å². The summed E-state index contributed by atoms with van der Waals surface area (Å²) in [4.78, 5) is 39.2. The second-order valence-corrected chi connectivity index (χ2v) is 13.1. The van der Waals surface area contributed by atoms with Crippen molar-refractivity contribution in [1.29, 1.82) is 10.5 Å². The second-order valence-electron chi connectivity index (χ2n) is 13.1. The highest BCUT2D eigenvalue weighted by Gasteiger charge is 2.33. The molecule has 5 rings (SSSR count). The van der Waals surface area contributed by atoms with Crippen LogP contribution in [0.4, 0.5) is 35.9 Å². The quantitative estimate of drug-likeness (QED) is 0.230. The van der Waals surface area contributed by atoms with Gasteiger partial charge in [0.25, 0.3) is 0 Å². The number of nitrogens with zero attached hydrogens (tertiary/aromatic N) is 6. The number of benzene rings is 2. The lowest BCUT2D eigenvalue weighted by atomic mass is 10.0. The predicted molar refractivity (Wildman–Crippen MR) is 184 cm³/mol. The first-order chi connectivity index (χ1) is 26.5. The van der Waals surface area contributed by atoms with Gasteiger partial charge >= 0.3 is 24.5 Å². The summed E-state index contributed by atoms with van der Waals surface area (Å²) in [5.74, 6) is -0.0719. The average Bonchev–Trinajstić information content (AvgIpc) is 3.69. The summed E-state index contributed by atoms with van der Waals surface area (Å²) in [6, 6.07) is 9.12. The van der Waals surface area contributed by atoms with Crippen molar-refractivity contribution < 1.29 is 50.2 Å². The summed E-state index contributed by atoms with van der Waals surface area (Å²) in [5, 5.41) is 30.9. The van der Waals surface area contributed by atoms with E-state index in [2.05, 4.69) is 20.7 Å². The Labute approximate surface area is 317 Å². The number of nitriles is 2. The van der Waals surface area contributed by atoms with Gasteiger partial charge in [0.05, 0.1) is 46.3 Å². The first kappa shape index (κ1) is 42.8. The van der Waals surface area contributed by atoms with Crippen LogP contribution in [0.3, 0.4) is 0 Å². The summed E-state index contributed by atoms with van der Waals surface area (Å²) < 4.78 is 87.4. The molecule has 0 unspecified atom stereocenters. The van der Waals surface area contributed by atoms with E-state index < -0.39 is 35.7 Å². The predicted octanol–water partition coefficient (Wildman–Crippen LogP) is 5.57. The Hall–Kier alpha value is -5.89. The second kappa shape index (κ2) is 19.6. The number of nitrogens with one attached hydrogen (secondary N) is 2. The molecule has 2 aliphatic rings. The molecule has 0 radical (unpaired) electrons. The molecule has 14 nitrogen and oxygen atoms in total. The molecule has 0 atom stereocenters. The van der Waals surface area contributed by atoms with E-state index >= 15 is 0 Å². The molecule has 2 saturated heterocycles. The number of piperidine rings is 2. The van der Waals surface area contributed by atoms with Crippen LogP contribution in [0.2, 0.25) is 0 Å². The van der Waals surface area contributed by atoms with E-state index in [4.69, 9.17) is 25.7 Å². The van der Waals surface area contributed by atoms with Crippen LogP contribution in [0.5, 0.6) is 0 Å². The van der Waals surface area contributed by atoms with E-state index in [1.165, 1.54) is 21.9 Å². The monoisotopic (exact) mass is 791 g/mol. The molecule has 20 heteroatoms. The number of aromatic nitrogens is 3. The molecule has 56 heavy (non-hydrogen) atoms. The fourth-order valence-corrected chi connectivity index (χ4v) is 5.84. The fraction of sp³-hybridized carbons (Fsp3) is 0.472. The van der Waals surface area contributed by atoms with E-state index in [1.54, 1.807) is 18.3 Å². The molecule has 0 bridgehead atoms. The maximum Gasteiger partial charge on any atom is 0.416 e. The van der Waals surface area contributed by atoms with Crippen LogP contribution in [0.25, 0.3) is 0 Å². The third-order valence-corrected chi connectivity index (χ3v) is 8.84. The Bertz CT molecular complexity index is 1880. The van der Waals surface area contributed by atoms with Crippen molar-refractivity contribution >= 4 is 18.1 Å². The van der Waals surface area contributed by atoms with Gasteiger partial charge in [0, 0.05) is 44.7 Å². The van der Waals surface area contributed by atoms with Gasteiger partial charge < -0.3 is 30.3 Å². The van der Waals surface area contributed by atoms with E-state index in [0.29, 0.717) is 71.1 Å². The number of aromatic amines is 1. The summed E-state index contributed by atoms with van der Waals surface area (Å²) in [5.41, 5.74) is 4.55. The van der Waals surface area contributed by atoms with Gasteiger partial charge in [-0.05, 0) is 86.1 Å². The van der Waals surface area contributed by atoms with Crippen molar-refractivity contribution in [3.8, 4) is 12.1 Å². The Kier molecular flexibility index (Phi) is 15.0. The van der Waals surface area contributed by atoms with E-state index in [1.807, 2.05) is 0 Å². The van der Waals surface area contributed by atoms with Crippen molar-refractivity contribution in [2.24, 2.45) is 5.73 Å². The molecule has 1 aromatic heterocycles. The summed E-state index contributed by atoms with van der Waals surface area (Å²) in [6.45, 7) is 0.946. The molecule has 300 valence electrons. The Morgan fingerprint density at radius 3 is 1.71 bits per heavy atom. The number of likely N-dealkylation sites (tertiary alicyclic amines) is 2. The average molecular weight is 792 g/mol. The number of carbonyl (C=O) groups is 3. The van der Waals surface area contributed by atoms with Crippen molar-refractivity contribution in [3.63, 3.8) is 0 Å². The molecule has 0 spiro atoms. The minimum absolute atomic E-state index is 0.0562. The number of amides is 3. The smallest absolute Gasteiger partial charge is 0.416 e. The summed E-state index contributed by atoms with van der Waals surface area (Å²) in [7, 11) is 0. The van der Waals surface area contributed by atoms with Gasteiger partial charge in [0.2, 0.25) is 5.91 Å². The lowest BCUT2D eigenvalue weighted by Gasteiger charge is -2.31. The highest BCUT2D eigenvalue weighted by atomic mass is 19.4. The lowest BCUT2D eigenvalue weighted by molar-refractivity contribution is -0.138. The van der Waals surface area contributed by atoms with Crippen molar-refractivity contribution in [1.82, 2.24) is 30.5 Å². The maximum absolute atomic E-state index is 13.0. The molecular formula is C36H39F6N9O5. The number of alkyl halides is 6. The molecule has 3 amide bonds. The van der Waals surface area contributed by atoms with Crippen LogP contribution in [0.1, 0.15) is 77.6 Å². The minimum Gasteiger partial charge on any atom is -0.445 e. The fourth-order valence-electron chi connectivity index (χ4n) is 5.84. The third-order valence-electron chi connectivity index (χ3n) is 8.84. The first-order valence-corrected chi connectivity index (χ1v) is 17.5. The zero-order chi connectivity index (χ0) is 40.9.